The molecule has 3 nitrogen and oxygen atoms in total. The van der Waals surface area contributed by atoms with E-state index in [1.807, 2.05) is 0 Å². The predicted molar refractivity (Wildman–Crippen MR) is 66.2 cm³/mol. The van der Waals surface area contributed by atoms with Crippen molar-refractivity contribution < 1.29 is 14.6 Å². The van der Waals surface area contributed by atoms with E-state index in [0.29, 0.717) is 15.1 Å². The van der Waals surface area contributed by atoms with Crippen LogP contribution in [-0.4, -0.2) is 23.6 Å². The summed E-state index contributed by atoms with van der Waals surface area (Å²) in [4.78, 5) is 11.0. The molecule has 6 heteroatoms. The second-order valence-corrected chi connectivity index (χ2v) is 4.61. The van der Waals surface area contributed by atoms with Crippen molar-refractivity contribution in [3.63, 3.8) is 0 Å². The number of carbonyl (C=O) groups is 1. The van der Waals surface area contributed by atoms with E-state index in [-0.39, 0.29) is 12.5 Å². The van der Waals surface area contributed by atoms with Gasteiger partial charge in [0.15, 0.2) is 6.10 Å². The van der Waals surface area contributed by atoms with E-state index in [1.165, 1.54) is 0 Å². The third kappa shape index (κ3) is 3.63. The van der Waals surface area contributed by atoms with Crippen molar-refractivity contribution in [2.75, 3.05) is 12.5 Å². The maximum absolute atomic E-state index is 11.0. The molecule has 0 aliphatic heterocycles. The summed E-state index contributed by atoms with van der Waals surface area (Å²) >= 11 is 14.5. The molecule has 1 aromatic carbocycles. The Morgan fingerprint density at radius 1 is 1.56 bits per heavy atom. The van der Waals surface area contributed by atoms with E-state index in [9.17, 15) is 4.79 Å². The lowest BCUT2D eigenvalue weighted by Crippen LogP contribution is -2.17. The maximum Gasteiger partial charge on any atom is 0.337 e. The van der Waals surface area contributed by atoms with Gasteiger partial charge >= 0.3 is 5.97 Å². The van der Waals surface area contributed by atoms with Gasteiger partial charge in [-0.15, -0.1) is 11.6 Å². The minimum Gasteiger partial charge on any atom is -0.479 e. The summed E-state index contributed by atoms with van der Waals surface area (Å²) in [7, 11) is 0. The van der Waals surface area contributed by atoms with Crippen LogP contribution in [0.4, 0.5) is 0 Å². The van der Waals surface area contributed by atoms with Gasteiger partial charge in [-0.1, -0.05) is 27.5 Å². The summed E-state index contributed by atoms with van der Waals surface area (Å²) in [5.74, 6) is -0.838. The number of benzene rings is 1. The number of alkyl halides is 1. The summed E-state index contributed by atoms with van der Waals surface area (Å²) in [5, 5.41) is 9.49. The van der Waals surface area contributed by atoms with Gasteiger partial charge in [0, 0.05) is 20.9 Å². The van der Waals surface area contributed by atoms with Crippen LogP contribution in [0.5, 0.6) is 0 Å². The number of carboxylic acid groups (broad SMARTS) is 1. The Hall–Kier alpha value is -0.290. The Bertz CT molecular complexity index is 384. The monoisotopic (exact) mass is 326 g/mol. The normalized spacial score (nSPS) is 12.4. The van der Waals surface area contributed by atoms with Crippen molar-refractivity contribution in [2.24, 2.45) is 0 Å². The first kappa shape index (κ1) is 13.8. The molecule has 1 unspecified atom stereocenters. The largest absolute Gasteiger partial charge is 0.479 e. The van der Waals surface area contributed by atoms with Gasteiger partial charge in [-0.2, -0.15) is 0 Å². The van der Waals surface area contributed by atoms with Crippen LogP contribution in [0.2, 0.25) is 5.02 Å². The molecule has 0 heterocycles. The van der Waals surface area contributed by atoms with Crippen LogP contribution in [0, 0.1) is 0 Å². The Morgan fingerprint density at radius 2 is 2.25 bits per heavy atom. The molecule has 0 aromatic heterocycles. The van der Waals surface area contributed by atoms with Crippen LogP contribution in [0.1, 0.15) is 11.7 Å². The molecule has 1 rings (SSSR count). The fourth-order valence-electron chi connectivity index (χ4n) is 1.17. The highest BCUT2D eigenvalue weighted by atomic mass is 79.9. The van der Waals surface area contributed by atoms with Crippen molar-refractivity contribution in [3.05, 3.63) is 33.3 Å². The lowest BCUT2D eigenvalue weighted by atomic mass is 10.1. The first-order valence-corrected chi connectivity index (χ1v) is 6.12. The average molecular weight is 328 g/mol. The molecule has 1 atom stereocenters. The number of ether oxygens (including phenoxy) is 1. The van der Waals surface area contributed by atoms with Gasteiger partial charge in [0.05, 0.1) is 6.61 Å². The molecular weight excluding hydrogens is 319 g/mol. The zero-order chi connectivity index (χ0) is 12.1. The van der Waals surface area contributed by atoms with Crippen molar-refractivity contribution >= 4 is 45.1 Å². The average Bonchev–Trinajstić information content (AvgIpc) is 2.23. The van der Waals surface area contributed by atoms with Gasteiger partial charge in [-0.25, -0.2) is 4.79 Å². The molecule has 0 saturated carbocycles. The van der Waals surface area contributed by atoms with E-state index < -0.39 is 12.1 Å². The zero-order valence-corrected chi connectivity index (χ0v) is 11.2. The minimum absolute atomic E-state index is 0.164. The molecule has 1 aromatic rings. The number of rotatable bonds is 5. The van der Waals surface area contributed by atoms with E-state index in [1.54, 1.807) is 18.2 Å². The first-order chi connectivity index (χ1) is 7.56. The highest BCUT2D eigenvalue weighted by Crippen LogP contribution is 2.29. The van der Waals surface area contributed by atoms with Crippen molar-refractivity contribution in [1.29, 1.82) is 0 Å². The second-order valence-electron chi connectivity index (χ2n) is 2.94. The summed E-state index contributed by atoms with van der Waals surface area (Å²) in [6.07, 6.45) is -1.06. The molecule has 0 fully saturated rings. The van der Waals surface area contributed by atoms with Gasteiger partial charge in [0.2, 0.25) is 0 Å². The number of hydrogen-bond acceptors (Lipinski definition) is 2. The highest BCUT2D eigenvalue weighted by molar-refractivity contribution is 9.10. The predicted octanol–water partition coefficient (Wildman–Crippen LogP) is 3.48. The summed E-state index contributed by atoms with van der Waals surface area (Å²) < 4.78 is 5.79. The standard InChI is InChI=1S/C10H9BrCl2O3/c11-8-2-1-6(13)5-7(8)9(10(14)15)16-4-3-12/h1-2,5,9H,3-4H2,(H,14,15). The van der Waals surface area contributed by atoms with Gasteiger partial charge in [0.25, 0.3) is 0 Å². The molecule has 0 bridgehead atoms. The van der Waals surface area contributed by atoms with Crippen molar-refractivity contribution in [3.8, 4) is 0 Å². The molecule has 1 N–H and O–H groups in total. The molecule has 0 radical (unpaired) electrons. The summed E-state index contributed by atoms with van der Waals surface area (Å²) in [6.45, 7) is 0.164. The number of halogens is 3. The SMILES string of the molecule is O=C(O)C(OCCCl)c1cc(Cl)ccc1Br. The molecule has 0 spiro atoms. The highest BCUT2D eigenvalue weighted by Gasteiger charge is 2.22. The topological polar surface area (TPSA) is 46.5 Å². The van der Waals surface area contributed by atoms with Crippen LogP contribution >= 0.6 is 39.1 Å². The molecular formula is C10H9BrCl2O3. The Labute approximate surface area is 111 Å². The van der Waals surface area contributed by atoms with Crippen LogP contribution in [-0.2, 0) is 9.53 Å². The lowest BCUT2D eigenvalue weighted by Gasteiger charge is -2.15. The maximum atomic E-state index is 11.0. The minimum atomic E-state index is -1.08. The van der Waals surface area contributed by atoms with Crippen molar-refractivity contribution in [1.82, 2.24) is 0 Å². The van der Waals surface area contributed by atoms with Crippen LogP contribution < -0.4 is 0 Å². The molecule has 16 heavy (non-hydrogen) atoms. The van der Waals surface area contributed by atoms with Gasteiger partial charge in [0.1, 0.15) is 0 Å². The summed E-state index contributed by atoms with van der Waals surface area (Å²) in [6, 6.07) is 4.89. The number of aliphatic carboxylic acids is 1. The molecule has 0 aliphatic rings. The Balaban J connectivity index is 3.00. The van der Waals surface area contributed by atoms with Crippen LogP contribution in [0.3, 0.4) is 0 Å². The second kappa shape index (κ2) is 6.45. The lowest BCUT2D eigenvalue weighted by molar-refractivity contribution is -0.150. The molecule has 0 amide bonds. The zero-order valence-electron chi connectivity index (χ0n) is 8.12. The van der Waals surface area contributed by atoms with E-state index in [2.05, 4.69) is 15.9 Å². The summed E-state index contributed by atoms with van der Waals surface area (Å²) in [5.41, 5.74) is 0.477. The van der Waals surface area contributed by atoms with E-state index in [0.717, 1.165) is 0 Å². The first-order valence-electron chi connectivity index (χ1n) is 4.41. The van der Waals surface area contributed by atoms with E-state index in [4.69, 9.17) is 33.0 Å². The fourth-order valence-corrected chi connectivity index (χ4v) is 1.90. The number of carboxylic acids is 1. The molecule has 0 saturated heterocycles. The Morgan fingerprint density at radius 3 is 2.81 bits per heavy atom. The molecule has 88 valence electrons. The Kier molecular flexibility index (Phi) is 5.55. The third-order valence-electron chi connectivity index (χ3n) is 1.83. The van der Waals surface area contributed by atoms with Crippen molar-refractivity contribution in [2.45, 2.75) is 6.10 Å². The number of hydrogen-bond donors (Lipinski definition) is 1. The van der Waals surface area contributed by atoms with E-state index >= 15 is 0 Å². The van der Waals surface area contributed by atoms with Crippen LogP contribution in [0.25, 0.3) is 0 Å². The van der Waals surface area contributed by atoms with Gasteiger partial charge in [-0.05, 0) is 18.2 Å². The smallest absolute Gasteiger partial charge is 0.337 e. The molecule has 0 aliphatic carbocycles. The van der Waals surface area contributed by atoms with Crippen LogP contribution in [0.15, 0.2) is 22.7 Å². The van der Waals surface area contributed by atoms with Gasteiger partial charge < -0.3 is 9.84 Å². The quantitative estimate of drug-likeness (QED) is 0.842. The fraction of sp³-hybridized carbons (Fsp3) is 0.300. The third-order valence-corrected chi connectivity index (χ3v) is 2.94. The van der Waals surface area contributed by atoms with Gasteiger partial charge in [-0.3, -0.25) is 0 Å².